The minimum Gasteiger partial charge on any atom is -0.497 e. The van der Waals surface area contributed by atoms with Crippen molar-refractivity contribution >= 4 is 0 Å². The van der Waals surface area contributed by atoms with Crippen LogP contribution in [-0.4, -0.2) is 12.1 Å². The summed E-state index contributed by atoms with van der Waals surface area (Å²) in [6.45, 7) is 0. The van der Waals surface area contributed by atoms with Gasteiger partial charge in [-0.25, -0.2) is 0 Å². The SMILES string of the molecule is COc1ccc(-c2ccc(=O)[nH]c2F)cc1. The highest BCUT2D eigenvalue weighted by atomic mass is 19.1. The third kappa shape index (κ3) is 1.95. The lowest BCUT2D eigenvalue weighted by Gasteiger charge is -2.04. The van der Waals surface area contributed by atoms with E-state index in [-0.39, 0.29) is 0 Å². The highest BCUT2D eigenvalue weighted by Gasteiger charge is 2.05. The largest absolute Gasteiger partial charge is 0.497 e. The third-order valence-corrected chi connectivity index (χ3v) is 2.27. The normalized spacial score (nSPS) is 10.1. The third-order valence-electron chi connectivity index (χ3n) is 2.27. The molecule has 1 heterocycles. The van der Waals surface area contributed by atoms with Gasteiger partial charge in [0.2, 0.25) is 11.5 Å². The van der Waals surface area contributed by atoms with E-state index in [4.69, 9.17) is 4.74 Å². The molecule has 0 spiro atoms. The average molecular weight is 219 g/mol. The topological polar surface area (TPSA) is 42.1 Å². The zero-order valence-corrected chi connectivity index (χ0v) is 8.66. The van der Waals surface area contributed by atoms with E-state index in [1.54, 1.807) is 31.4 Å². The molecule has 0 fully saturated rings. The minimum atomic E-state index is -0.627. The van der Waals surface area contributed by atoms with Gasteiger partial charge in [-0.05, 0) is 23.8 Å². The highest BCUT2D eigenvalue weighted by molar-refractivity contribution is 5.63. The molecule has 0 atom stereocenters. The van der Waals surface area contributed by atoms with E-state index in [0.29, 0.717) is 16.9 Å². The maximum Gasteiger partial charge on any atom is 0.250 e. The number of rotatable bonds is 2. The van der Waals surface area contributed by atoms with Crippen molar-refractivity contribution in [3.05, 3.63) is 52.7 Å². The van der Waals surface area contributed by atoms with Crippen LogP contribution >= 0.6 is 0 Å². The van der Waals surface area contributed by atoms with Gasteiger partial charge in [-0.3, -0.25) is 9.78 Å². The van der Waals surface area contributed by atoms with Crippen LogP contribution in [0.15, 0.2) is 41.2 Å². The van der Waals surface area contributed by atoms with E-state index in [9.17, 15) is 9.18 Å². The Morgan fingerprint density at radius 3 is 2.38 bits per heavy atom. The van der Waals surface area contributed by atoms with Gasteiger partial charge in [0, 0.05) is 11.6 Å². The Kier molecular flexibility index (Phi) is 2.72. The maximum absolute atomic E-state index is 13.4. The predicted molar refractivity (Wildman–Crippen MR) is 59.0 cm³/mol. The van der Waals surface area contributed by atoms with Crippen molar-refractivity contribution in [2.75, 3.05) is 7.11 Å². The first-order valence-electron chi connectivity index (χ1n) is 4.74. The van der Waals surface area contributed by atoms with E-state index in [1.807, 2.05) is 0 Å². The monoisotopic (exact) mass is 219 g/mol. The fourth-order valence-corrected chi connectivity index (χ4v) is 1.44. The molecule has 2 rings (SSSR count). The van der Waals surface area contributed by atoms with Crippen molar-refractivity contribution in [3.63, 3.8) is 0 Å². The molecule has 0 aliphatic heterocycles. The molecule has 1 aromatic carbocycles. The van der Waals surface area contributed by atoms with Crippen LogP contribution in [0.4, 0.5) is 4.39 Å². The number of H-pyrrole nitrogens is 1. The molecule has 0 aliphatic rings. The van der Waals surface area contributed by atoms with Gasteiger partial charge in [0.05, 0.1) is 7.11 Å². The number of pyridine rings is 1. The molecule has 2 aromatic rings. The number of aromatic nitrogens is 1. The predicted octanol–water partition coefficient (Wildman–Crippen LogP) is 2.19. The molecule has 0 saturated heterocycles. The molecular weight excluding hydrogens is 209 g/mol. The second-order valence-corrected chi connectivity index (χ2v) is 3.28. The van der Waals surface area contributed by atoms with E-state index in [0.717, 1.165) is 0 Å². The lowest BCUT2D eigenvalue weighted by Crippen LogP contribution is -2.06. The van der Waals surface area contributed by atoms with Crippen LogP contribution < -0.4 is 10.3 Å². The number of halogens is 1. The van der Waals surface area contributed by atoms with Crippen LogP contribution in [0.2, 0.25) is 0 Å². The van der Waals surface area contributed by atoms with Crippen LogP contribution in [0.5, 0.6) is 5.75 Å². The molecule has 0 saturated carbocycles. The molecule has 16 heavy (non-hydrogen) atoms. The fraction of sp³-hybridized carbons (Fsp3) is 0.0833. The van der Waals surface area contributed by atoms with Gasteiger partial charge in [0.25, 0.3) is 0 Å². The van der Waals surface area contributed by atoms with E-state index in [2.05, 4.69) is 4.98 Å². The number of methoxy groups -OCH3 is 1. The number of hydrogen-bond donors (Lipinski definition) is 1. The second kappa shape index (κ2) is 4.18. The molecule has 1 N–H and O–H groups in total. The lowest BCUT2D eigenvalue weighted by molar-refractivity contribution is 0.415. The Morgan fingerprint density at radius 2 is 1.81 bits per heavy atom. The van der Waals surface area contributed by atoms with Crippen LogP contribution in [0.3, 0.4) is 0 Å². The van der Waals surface area contributed by atoms with Gasteiger partial charge in [-0.1, -0.05) is 12.1 Å². The second-order valence-electron chi connectivity index (χ2n) is 3.28. The molecule has 0 amide bonds. The van der Waals surface area contributed by atoms with Gasteiger partial charge in [-0.15, -0.1) is 0 Å². The minimum absolute atomic E-state index is 0.363. The lowest BCUT2D eigenvalue weighted by atomic mass is 10.1. The molecule has 0 radical (unpaired) electrons. The number of ether oxygens (including phenoxy) is 1. The Hall–Kier alpha value is -2.10. The summed E-state index contributed by atoms with van der Waals surface area (Å²) in [5, 5.41) is 0. The highest BCUT2D eigenvalue weighted by Crippen LogP contribution is 2.22. The summed E-state index contributed by atoms with van der Waals surface area (Å²) in [5.74, 6) is 0.0752. The Balaban J connectivity index is 2.46. The summed E-state index contributed by atoms with van der Waals surface area (Å²) in [7, 11) is 1.57. The zero-order valence-electron chi connectivity index (χ0n) is 8.66. The Labute approximate surface area is 91.5 Å². The first kappa shape index (κ1) is 10.4. The van der Waals surface area contributed by atoms with E-state index >= 15 is 0 Å². The summed E-state index contributed by atoms with van der Waals surface area (Å²) in [5.41, 5.74) is 0.603. The number of hydrogen-bond acceptors (Lipinski definition) is 2. The summed E-state index contributed by atoms with van der Waals surface area (Å²) in [4.78, 5) is 13.0. The molecule has 3 nitrogen and oxygen atoms in total. The molecule has 0 aliphatic carbocycles. The maximum atomic E-state index is 13.4. The smallest absolute Gasteiger partial charge is 0.250 e. The molecular formula is C12H10FNO2. The van der Waals surface area contributed by atoms with Gasteiger partial charge >= 0.3 is 0 Å². The van der Waals surface area contributed by atoms with Crippen LogP contribution in [0, 0.1) is 5.95 Å². The van der Waals surface area contributed by atoms with E-state index < -0.39 is 11.5 Å². The van der Waals surface area contributed by atoms with Crippen molar-refractivity contribution in [3.8, 4) is 16.9 Å². The summed E-state index contributed by atoms with van der Waals surface area (Å²) >= 11 is 0. The first-order chi connectivity index (χ1) is 7.70. The standard InChI is InChI=1S/C12H10FNO2/c1-16-9-4-2-8(3-5-9)10-6-7-11(15)14-12(10)13/h2-7H,1H3,(H,14,15). The van der Waals surface area contributed by atoms with Crippen LogP contribution in [0.1, 0.15) is 0 Å². The molecule has 4 heteroatoms. The number of nitrogens with one attached hydrogen (secondary N) is 1. The molecule has 0 unspecified atom stereocenters. The van der Waals surface area contributed by atoms with Crippen molar-refractivity contribution in [1.29, 1.82) is 0 Å². The molecule has 1 aromatic heterocycles. The Bertz CT molecular complexity index is 546. The van der Waals surface area contributed by atoms with E-state index in [1.165, 1.54) is 12.1 Å². The Morgan fingerprint density at radius 1 is 1.12 bits per heavy atom. The molecule has 0 bridgehead atoms. The molecule has 82 valence electrons. The van der Waals surface area contributed by atoms with Crippen LogP contribution in [-0.2, 0) is 0 Å². The van der Waals surface area contributed by atoms with Gasteiger partial charge in [0.1, 0.15) is 5.75 Å². The fourth-order valence-electron chi connectivity index (χ4n) is 1.44. The van der Waals surface area contributed by atoms with Crippen molar-refractivity contribution in [1.82, 2.24) is 4.98 Å². The average Bonchev–Trinajstić information content (AvgIpc) is 2.29. The van der Waals surface area contributed by atoms with Crippen molar-refractivity contribution < 1.29 is 9.13 Å². The number of aromatic amines is 1. The van der Waals surface area contributed by atoms with Crippen LogP contribution in [0.25, 0.3) is 11.1 Å². The van der Waals surface area contributed by atoms with Crippen molar-refractivity contribution in [2.24, 2.45) is 0 Å². The quantitative estimate of drug-likeness (QED) is 0.786. The summed E-state index contributed by atoms with van der Waals surface area (Å²) < 4.78 is 18.4. The summed E-state index contributed by atoms with van der Waals surface area (Å²) in [6.07, 6.45) is 0. The van der Waals surface area contributed by atoms with Crippen molar-refractivity contribution in [2.45, 2.75) is 0 Å². The van der Waals surface area contributed by atoms with Gasteiger partial charge in [-0.2, -0.15) is 4.39 Å². The summed E-state index contributed by atoms with van der Waals surface area (Å²) in [6, 6.07) is 9.68. The zero-order chi connectivity index (χ0) is 11.5. The first-order valence-corrected chi connectivity index (χ1v) is 4.74. The number of benzene rings is 1. The van der Waals surface area contributed by atoms with Gasteiger partial charge < -0.3 is 4.74 Å². The van der Waals surface area contributed by atoms with Gasteiger partial charge in [0.15, 0.2) is 0 Å².